The third kappa shape index (κ3) is 3.45. The van der Waals surface area contributed by atoms with E-state index in [0.717, 1.165) is 0 Å². The first-order valence-corrected chi connectivity index (χ1v) is 6.12. The molecule has 110 valence electrons. The zero-order valence-corrected chi connectivity index (χ0v) is 10.7. The maximum Gasteiger partial charge on any atom is 0.330 e. The minimum absolute atomic E-state index is 0.0166. The summed E-state index contributed by atoms with van der Waals surface area (Å²) in [6, 6.07) is 3.30. The van der Waals surface area contributed by atoms with E-state index in [0.29, 0.717) is 9.88 Å². The number of hydrogen-bond acceptors (Lipinski definition) is 6. The van der Waals surface area contributed by atoms with E-state index in [9.17, 15) is 17.6 Å². The maximum absolute atomic E-state index is 12.6. The monoisotopic (exact) mass is 311 g/mol. The first-order valence-electron chi connectivity index (χ1n) is 5.30. The Morgan fingerprint density at radius 1 is 1.40 bits per heavy atom. The molecule has 0 saturated carbocycles. The number of anilines is 1. The van der Waals surface area contributed by atoms with E-state index in [1.807, 2.05) is 0 Å². The molecule has 2 N–H and O–H groups in total. The molecule has 0 unspecified atom stereocenters. The zero-order valence-electron chi connectivity index (χ0n) is 9.85. The molecular weight excluding hydrogens is 302 g/mol. The van der Waals surface area contributed by atoms with Crippen LogP contribution in [0.5, 0.6) is 0 Å². The van der Waals surface area contributed by atoms with Gasteiger partial charge in [-0.3, -0.25) is 0 Å². The number of ether oxygens (including phenoxy) is 1. The normalized spacial score (nSPS) is 12.2. The topological polar surface area (TPSA) is 74.2 Å². The van der Waals surface area contributed by atoms with Crippen molar-refractivity contribution in [3.63, 3.8) is 0 Å². The smallest absolute Gasteiger partial charge is 0.330 e. The lowest BCUT2D eigenvalue weighted by atomic mass is 10.4. The number of hydrogen-bond donors (Lipinski definition) is 1. The van der Waals surface area contributed by atoms with Gasteiger partial charge in [0.25, 0.3) is 5.89 Å². The molecule has 10 heteroatoms. The molecule has 2 heterocycles. The summed E-state index contributed by atoms with van der Waals surface area (Å²) in [5.41, 5.74) is 5.53. The Bertz CT molecular complexity index is 572. The van der Waals surface area contributed by atoms with Crippen LogP contribution in [-0.4, -0.2) is 29.1 Å². The second-order valence-electron chi connectivity index (χ2n) is 3.77. The molecule has 0 saturated heterocycles. The van der Waals surface area contributed by atoms with Crippen LogP contribution in [0, 0.1) is 0 Å². The van der Waals surface area contributed by atoms with Crippen LogP contribution in [0.2, 0.25) is 0 Å². The van der Waals surface area contributed by atoms with Crippen molar-refractivity contribution < 1.29 is 26.8 Å². The van der Waals surface area contributed by atoms with Gasteiger partial charge in [0, 0.05) is 0 Å². The summed E-state index contributed by atoms with van der Waals surface area (Å²) in [6.45, 7) is -1.87. The second-order valence-corrected chi connectivity index (χ2v) is 4.89. The Labute approximate surface area is 114 Å². The number of nitrogens with zero attached hydrogens (tertiary/aromatic N) is 2. The van der Waals surface area contributed by atoms with Crippen LogP contribution in [-0.2, 0) is 11.3 Å². The van der Waals surface area contributed by atoms with Crippen molar-refractivity contribution in [2.45, 2.75) is 19.0 Å². The number of rotatable bonds is 6. The molecular formula is C10H9F4N3O2S. The van der Waals surface area contributed by atoms with E-state index in [1.165, 1.54) is 11.3 Å². The van der Waals surface area contributed by atoms with Crippen LogP contribution >= 0.6 is 11.3 Å². The SMILES string of the molecule is Nc1ccc(-c2nc(COCC(F)(F)C(F)F)no2)s1. The minimum Gasteiger partial charge on any atom is -0.391 e. The molecule has 0 fully saturated rings. The third-order valence-electron chi connectivity index (χ3n) is 2.15. The zero-order chi connectivity index (χ0) is 14.8. The Morgan fingerprint density at radius 2 is 2.15 bits per heavy atom. The van der Waals surface area contributed by atoms with Gasteiger partial charge in [0.1, 0.15) is 13.2 Å². The predicted octanol–water partition coefficient (Wildman–Crippen LogP) is 2.80. The van der Waals surface area contributed by atoms with Crippen molar-refractivity contribution in [2.75, 3.05) is 12.3 Å². The van der Waals surface area contributed by atoms with E-state index in [2.05, 4.69) is 14.9 Å². The molecule has 0 aliphatic rings. The first kappa shape index (κ1) is 14.7. The number of nitrogens with two attached hydrogens (primary N) is 1. The summed E-state index contributed by atoms with van der Waals surface area (Å²) in [5.74, 6) is -4.06. The highest BCUT2D eigenvalue weighted by molar-refractivity contribution is 7.19. The van der Waals surface area contributed by atoms with Gasteiger partial charge in [-0.15, -0.1) is 11.3 Å². The van der Waals surface area contributed by atoms with Crippen LogP contribution in [0.15, 0.2) is 16.7 Å². The molecule has 2 aromatic heterocycles. The maximum atomic E-state index is 12.6. The van der Waals surface area contributed by atoms with Crippen LogP contribution < -0.4 is 5.73 Å². The highest BCUT2D eigenvalue weighted by Gasteiger charge is 2.41. The lowest BCUT2D eigenvalue weighted by Gasteiger charge is -2.14. The van der Waals surface area contributed by atoms with E-state index in [-0.39, 0.29) is 11.7 Å². The lowest BCUT2D eigenvalue weighted by Crippen LogP contribution is -2.32. The minimum atomic E-state index is -4.20. The first-order chi connectivity index (χ1) is 9.38. The van der Waals surface area contributed by atoms with Gasteiger partial charge in [-0.2, -0.15) is 13.8 Å². The van der Waals surface area contributed by atoms with Crippen molar-refractivity contribution in [3.05, 3.63) is 18.0 Å². The second kappa shape index (κ2) is 5.75. The Balaban J connectivity index is 1.91. The van der Waals surface area contributed by atoms with Gasteiger partial charge in [0.05, 0.1) is 9.88 Å². The number of halogens is 4. The van der Waals surface area contributed by atoms with E-state index >= 15 is 0 Å². The molecule has 5 nitrogen and oxygen atoms in total. The van der Waals surface area contributed by atoms with E-state index in [1.54, 1.807) is 12.1 Å². The summed E-state index contributed by atoms with van der Waals surface area (Å²) in [6.07, 6.45) is -3.78. The van der Waals surface area contributed by atoms with Gasteiger partial charge in [0.2, 0.25) is 0 Å². The van der Waals surface area contributed by atoms with Gasteiger partial charge in [-0.25, -0.2) is 8.78 Å². The standard InChI is InChI=1S/C10H9F4N3O2S/c11-9(12)10(13,14)4-18-3-7-16-8(19-17-7)5-1-2-6(15)20-5/h1-2,9H,3-4,15H2. The van der Waals surface area contributed by atoms with E-state index < -0.39 is 25.6 Å². The molecule has 2 aromatic rings. The highest BCUT2D eigenvalue weighted by atomic mass is 32.1. The molecule has 0 bridgehead atoms. The summed E-state index contributed by atoms with van der Waals surface area (Å²) in [4.78, 5) is 4.49. The molecule has 0 amide bonds. The van der Waals surface area contributed by atoms with Crippen LogP contribution in [0.4, 0.5) is 22.6 Å². The average molecular weight is 311 g/mol. The van der Waals surface area contributed by atoms with Gasteiger partial charge >= 0.3 is 12.3 Å². The fourth-order valence-electron chi connectivity index (χ4n) is 1.22. The molecule has 2 rings (SSSR count). The van der Waals surface area contributed by atoms with Crippen molar-refractivity contribution >= 4 is 16.3 Å². The Morgan fingerprint density at radius 3 is 2.75 bits per heavy atom. The van der Waals surface area contributed by atoms with Crippen molar-refractivity contribution in [1.29, 1.82) is 0 Å². The summed E-state index contributed by atoms with van der Waals surface area (Å²) in [5, 5.41) is 4.04. The molecule has 0 spiro atoms. The molecule has 0 aliphatic heterocycles. The largest absolute Gasteiger partial charge is 0.391 e. The van der Waals surface area contributed by atoms with Gasteiger partial charge in [0.15, 0.2) is 5.82 Å². The Hall–Kier alpha value is -1.68. The van der Waals surface area contributed by atoms with Crippen molar-refractivity contribution in [3.8, 4) is 10.8 Å². The van der Waals surface area contributed by atoms with Crippen LogP contribution in [0.25, 0.3) is 10.8 Å². The van der Waals surface area contributed by atoms with Crippen LogP contribution in [0.1, 0.15) is 5.82 Å². The number of alkyl halides is 4. The molecule has 0 aromatic carbocycles. The third-order valence-corrected chi connectivity index (χ3v) is 3.05. The number of thiophene rings is 1. The van der Waals surface area contributed by atoms with Crippen LogP contribution in [0.3, 0.4) is 0 Å². The number of nitrogen functional groups attached to an aromatic ring is 1. The molecule has 0 radical (unpaired) electrons. The fraction of sp³-hybridized carbons (Fsp3) is 0.400. The summed E-state index contributed by atoms with van der Waals surface area (Å²) in [7, 11) is 0. The summed E-state index contributed by atoms with van der Waals surface area (Å²) >= 11 is 1.21. The Kier molecular flexibility index (Phi) is 4.23. The fourth-order valence-corrected chi connectivity index (χ4v) is 1.92. The molecule has 0 atom stereocenters. The van der Waals surface area contributed by atoms with Gasteiger partial charge in [-0.05, 0) is 12.1 Å². The van der Waals surface area contributed by atoms with Crippen molar-refractivity contribution in [2.24, 2.45) is 0 Å². The summed E-state index contributed by atoms with van der Waals surface area (Å²) < 4.78 is 58.2. The quantitative estimate of drug-likeness (QED) is 0.830. The average Bonchev–Trinajstić information content (AvgIpc) is 2.97. The highest BCUT2D eigenvalue weighted by Crippen LogP contribution is 2.28. The van der Waals surface area contributed by atoms with Crippen molar-refractivity contribution in [1.82, 2.24) is 10.1 Å². The van der Waals surface area contributed by atoms with Gasteiger partial charge in [-0.1, -0.05) is 5.16 Å². The van der Waals surface area contributed by atoms with E-state index in [4.69, 9.17) is 10.3 Å². The predicted molar refractivity (Wildman–Crippen MR) is 62.6 cm³/mol. The lowest BCUT2D eigenvalue weighted by molar-refractivity contribution is -0.168. The molecule has 20 heavy (non-hydrogen) atoms. The number of aromatic nitrogens is 2. The van der Waals surface area contributed by atoms with Gasteiger partial charge < -0.3 is 15.0 Å². The molecule has 0 aliphatic carbocycles.